The monoisotopic (exact) mass is 538 g/mol. The molecule has 0 bridgehead atoms. The molecule has 0 aliphatic carbocycles. The quantitative estimate of drug-likeness (QED) is 0.189. The van der Waals surface area contributed by atoms with Crippen molar-refractivity contribution in [3.05, 3.63) is 144 Å². The van der Waals surface area contributed by atoms with Crippen molar-refractivity contribution in [1.82, 2.24) is 0 Å². The van der Waals surface area contributed by atoms with Crippen molar-refractivity contribution in [2.24, 2.45) is 0 Å². The van der Waals surface area contributed by atoms with E-state index in [4.69, 9.17) is 23.7 Å². The van der Waals surface area contributed by atoms with E-state index in [1.54, 1.807) is 0 Å². The lowest BCUT2D eigenvalue weighted by molar-refractivity contribution is -0.269. The van der Waals surface area contributed by atoms with E-state index in [9.17, 15) is 0 Å². The van der Waals surface area contributed by atoms with Crippen molar-refractivity contribution >= 4 is 0 Å². The summed E-state index contributed by atoms with van der Waals surface area (Å²) in [6.45, 7) is 4.29. The van der Waals surface area contributed by atoms with Gasteiger partial charge in [0.05, 0.1) is 39.1 Å². The second-order valence-corrected chi connectivity index (χ2v) is 10.2. The Balaban J connectivity index is 1.36. The zero-order valence-electron chi connectivity index (χ0n) is 23.0. The first-order valence-electron chi connectivity index (χ1n) is 14.0. The van der Waals surface area contributed by atoms with Gasteiger partial charge in [0.1, 0.15) is 24.4 Å². The summed E-state index contributed by atoms with van der Waals surface area (Å²) in [5.41, 5.74) is 4.41. The van der Waals surface area contributed by atoms with Crippen molar-refractivity contribution in [3.8, 4) is 0 Å². The summed E-state index contributed by atoms with van der Waals surface area (Å²) in [5, 5.41) is 0. The average molecular weight is 539 g/mol. The van der Waals surface area contributed by atoms with Gasteiger partial charge >= 0.3 is 0 Å². The van der Waals surface area contributed by atoms with E-state index in [0.29, 0.717) is 33.0 Å². The Kier molecular flexibility index (Phi) is 10.5. The minimum absolute atomic E-state index is 0.216. The van der Waals surface area contributed by atoms with E-state index in [0.717, 1.165) is 22.3 Å². The predicted octanol–water partition coefficient (Wildman–Crippen LogP) is 6.75. The fourth-order valence-electron chi connectivity index (χ4n) is 5.02. The lowest BCUT2D eigenvalue weighted by Crippen LogP contribution is -2.60. The molecule has 0 amide bonds. The van der Waals surface area contributed by atoms with Crippen LogP contribution in [0.4, 0.5) is 0 Å². The summed E-state index contributed by atoms with van der Waals surface area (Å²) < 4.78 is 32.5. The maximum absolute atomic E-state index is 6.65. The first-order valence-corrected chi connectivity index (χ1v) is 14.0. The molecule has 0 saturated carbocycles. The molecule has 5 nitrogen and oxygen atoms in total. The molecule has 5 rings (SSSR count). The van der Waals surface area contributed by atoms with Gasteiger partial charge in [-0.25, -0.2) is 0 Å². The lowest BCUT2D eigenvalue weighted by atomic mass is 9.94. The van der Waals surface area contributed by atoms with Crippen LogP contribution in [0.25, 0.3) is 0 Å². The molecule has 1 aliphatic heterocycles. The van der Waals surface area contributed by atoms with Gasteiger partial charge in [-0.2, -0.15) is 0 Å². The molecule has 1 fully saturated rings. The molecule has 1 saturated heterocycles. The molecule has 5 atom stereocenters. The second kappa shape index (κ2) is 14.9. The van der Waals surface area contributed by atoms with Crippen molar-refractivity contribution in [1.29, 1.82) is 0 Å². The molecule has 3 unspecified atom stereocenters. The normalized spacial score (nSPS) is 22.7. The van der Waals surface area contributed by atoms with Gasteiger partial charge in [0.15, 0.2) is 0 Å². The number of hydrogen-bond acceptors (Lipinski definition) is 5. The van der Waals surface area contributed by atoms with Crippen LogP contribution in [0.5, 0.6) is 0 Å². The highest BCUT2D eigenvalue weighted by molar-refractivity contribution is 5.16. The summed E-state index contributed by atoms with van der Waals surface area (Å²) in [5.74, 6) is 0. The summed E-state index contributed by atoms with van der Waals surface area (Å²) in [7, 11) is 0. The van der Waals surface area contributed by atoms with Crippen LogP contribution in [0.15, 0.2) is 121 Å². The minimum Gasteiger partial charge on any atom is -0.374 e. The van der Waals surface area contributed by atoms with E-state index in [1.807, 2.05) is 79.7 Å². The van der Waals surface area contributed by atoms with Crippen LogP contribution in [-0.2, 0) is 50.1 Å². The zero-order valence-corrected chi connectivity index (χ0v) is 23.0. The highest BCUT2D eigenvalue weighted by atomic mass is 16.6. The Morgan fingerprint density at radius 3 is 1.30 bits per heavy atom. The molecule has 4 aromatic carbocycles. The van der Waals surface area contributed by atoms with Crippen LogP contribution < -0.4 is 0 Å². The molecule has 0 spiro atoms. The molecule has 5 heteroatoms. The fourth-order valence-corrected chi connectivity index (χ4v) is 5.02. The molecule has 0 radical (unpaired) electrons. The van der Waals surface area contributed by atoms with Gasteiger partial charge in [-0.3, -0.25) is 0 Å². The van der Waals surface area contributed by atoms with E-state index < -0.39 is 6.10 Å². The smallest absolute Gasteiger partial charge is 0.115 e. The van der Waals surface area contributed by atoms with Crippen molar-refractivity contribution in [3.63, 3.8) is 0 Å². The number of hydrogen-bond donors (Lipinski definition) is 0. The molecule has 0 aromatic heterocycles. The zero-order chi connectivity index (χ0) is 27.4. The number of benzene rings is 4. The van der Waals surface area contributed by atoms with Crippen molar-refractivity contribution < 1.29 is 23.7 Å². The molecular weight excluding hydrogens is 500 g/mol. The highest BCUT2D eigenvalue weighted by Crippen LogP contribution is 2.30. The molecule has 4 aromatic rings. The summed E-state index contributed by atoms with van der Waals surface area (Å²) >= 11 is 0. The summed E-state index contributed by atoms with van der Waals surface area (Å²) in [6.07, 6.45) is -1.61. The molecule has 208 valence electrons. The van der Waals surface area contributed by atoms with Gasteiger partial charge in [0.2, 0.25) is 0 Å². The van der Waals surface area contributed by atoms with E-state index in [1.165, 1.54) is 0 Å². The Hall–Kier alpha value is -3.32. The predicted molar refractivity (Wildman–Crippen MR) is 155 cm³/mol. The maximum atomic E-state index is 6.65. The van der Waals surface area contributed by atoms with Gasteiger partial charge in [-0.1, -0.05) is 121 Å². The van der Waals surface area contributed by atoms with Crippen LogP contribution in [0.3, 0.4) is 0 Å². The summed E-state index contributed by atoms with van der Waals surface area (Å²) in [4.78, 5) is 0. The van der Waals surface area contributed by atoms with Gasteiger partial charge in [-0.15, -0.1) is 0 Å². The van der Waals surface area contributed by atoms with Crippen LogP contribution in [0, 0.1) is 0 Å². The highest BCUT2D eigenvalue weighted by Gasteiger charge is 2.46. The SMILES string of the molecule is CC1OC(COCc2ccccc2)[C@@H](OCc2ccccc2)[C@H](OCc2ccccc2)C1OCc1ccccc1. The standard InChI is InChI=1S/C35H38O5/c1-27-33(37-23-29-16-8-3-9-17-29)35(39-25-31-20-12-5-13-21-31)34(38-24-30-18-10-4-11-19-30)32(40-27)26-36-22-28-14-6-2-7-15-28/h2-21,27,32-35H,22-26H2,1H3/t27?,32?,33?,34-,35-/m1/s1. The van der Waals surface area contributed by atoms with Crippen LogP contribution in [0.1, 0.15) is 29.2 Å². The Labute approximate surface area is 237 Å². The van der Waals surface area contributed by atoms with Crippen molar-refractivity contribution in [2.45, 2.75) is 63.9 Å². The lowest BCUT2D eigenvalue weighted by Gasteiger charge is -2.45. The topological polar surface area (TPSA) is 46.2 Å². The Morgan fingerprint density at radius 2 is 0.850 bits per heavy atom. The van der Waals surface area contributed by atoms with Gasteiger partial charge < -0.3 is 23.7 Å². The molecule has 40 heavy (non-hydrogen) atoms. The maximum Gasteiger partial charge on any atom is 0.115 e. The first-order chi connectivity index (χ1) is 19.8. The van der Waals surface area contributed by atoms with Crippen LogP contribution in [0.2, 0.25) is 0 Å². The van der Waals surface area contributed by atoms with Crippen LogP contribution in [-0.4, -0.2) is 37.1 Å². The van der Waals surface area contributed by atoms with E-state index >= 15 is 0 Å². The number of rotatable bonds is 13. The van der Waals surface area contributed by atoms with Gasteiger partial charge in [0.25, 0.3) is 0 Å². The average Bonchev–Trinajstić information content (AvgIpc) is 3.01. The van der Waals surface area contributed by atoms with Crippen LogP contribution >= 0.6 is 0 Å². The summed E-state index contributed by atoms with van der Waals surface area (Å²) in [6, 6.07) is 40.8. The Bertz CT molecular complexity index is 1240. The molecule has 0 N–H and O–H groups in total. The largest absolute Gasteiger partial charge is 0.374 e. The number of ether oxygens (including phenoxy) is 5. The minimum atomic E-state index is -0.392. The third-order valence-electron chi connectivity index (χ3n) is 7.12. The third-order valence-corrected chi connectivity index (χ3v) is 7.12. The molecular formula is C35H38O5. The molecule has 1 aliphatic rings. The first kappa shape index (κ1) is 28.2. The van der Waals surface area contributed by atoms with Gasteiger partial charge in [0, 0.05) is 0 Å². The Morgan fingerprint density at radius 1 is 0.475 bits per heavy atom. The van der Waals surface area contributed by atoms with E-state index in [-0.39, 0.29) is 24.4 Å². The van der Waals surface area contributed by atoms with Gasteiger partial charge in [-0.05, 0) is 29.2 Å². The fraction of sp³-hybridized carbons (Fsp3) is 0.314. The second-order valence-electron chi connectivity index (χ2n) is 10.2. The third kappa shape index (κ3) is 8.10. The van der Waals surface area contributed by atoms with E-state index in [2.05, 4.69) is 48.5 Å². The van der Waals surface area contributed by atoms with Crippen molar-refractivity contribution in [2.75, 3.05) is 6.61 Å². The molecule has 1 heterocycles.